The minimum atomic E-state index is -0.497. The van der Waals surface area contributed by atoms with Gasteiger partial charge in [0.25, 0.3) is 0 Å². The summed E-state index contributed by atoms with van der Waals surface area (Å²) in [7, 11) is 0. The van der Waals surface area contributed by atoms with E-state index in [-0.39, 0.29) is 0 Å². The fourth-order valence-electron chi connectivity index (χ4n) is 0.965. The lowest BCUT2D eigenvalue weighted by atomic mass is 10.3. The van der Waals surface area contributed by atoms with E-state index < -0.39 is 6.09 Å². The van der Waals surface area contributed by atoms with E-state index in [1.165, 1.54) is 6.20 Å². The molecule has 1 heterocycles. The number of amides is 1. The first-order valence-electron chi connectivity index (χ1n) is 4.87. The molecular formula is C10H15N3O2. The standard InChI is InChI=1S/C10H15N3O2/c1-2-3-6-15-10(14)13-9-7-12-5-4-8(9)11/h4-5,7H,2-3,6H2,1H3,(H2,11,12)(H,13,14). The third kappa shape index (κ3) is 3.84. The van der Waals surface area contributed by atoms with Crippen molar-refractivity contribution in [1.82, 2.24) is 4.98 Å². The summed E-state index contributed by atoms with van der Waals surface area (Å²) in [4.78, 5) is 15.1. The Hall–Kier alpha value is -1.78. The number of pyridine rings is 1. The highest BCUT2D eigenvalue weighted by Gasteiger charge is 2.04. The van der Waals surface area contributed by atoms with E-state index in [1.54, 1.807) is 12.3 Å². The fourth-order valence-corrected chi connectivity index (χ4v) is 0.965. The number of hydrogen-bond donors (Lipinski definition) is 2. The van der Waals surface area contributed by atoms with Gasteiger partial charge in [0, 0.05) is 6.20 Å². The molecule has 0 radical (unpaired) electrons. The number of nitrogen functional groups attached to an aromatic ring is 1. The first-order chi connectivity index (χ1) is 7.24. The SMILES string of the molecule is CCCCOC(=O)Nc1cnccc1N. The van der Waals surface area contributed by atoms with E-state index in [1.807, 2.05) is 6.92 Å². The Bertz CT molecular complexity index is 328. The van der Waals surface area contributed by atoms with Crippen LogP contribution in [0.3, 0.4) is 0 Å². The normalized spacial score (nSPS) is 9.67. The molecule has 5 nitrogen and oxygen atoms in total. The van der Waals surface area contributed by atoms with Crippen molar-refractivity contribution >= 4 is 17.5 Å². The van der Waals surface area contributed by atoms with Crippen molar-refractivity contribution in [2.75, 3.05) is 17.7 Å². The average molecular weight is 209 g/mol. The number of carbonyl (C=O) groups excluding carboxylic acids is 1. The van der Waals surface area contributed by atoms with Crippen LogP contribution in [0.15, 0.2) is 18.5 Å². The van der Waals surface area contributed by atoms with Crippen LogP contribution in [0.5, 0.6) is 0 Å². The highest BCUT2D eigenvalue weighted by molar-refractivity contribution is 5.88. The van der Waals surface area contributed by atoms with Gasteiger partial charge in [-0.3, -0.25) is 10.3 Å². The van der Waals surface area contributed by atoms with Crippen LogP contribution in [0, 0.1) is 0 Å². The number of nitrogens with two attached hydrogens (primary N) is 1. The van der Waals surface area contributed by atoms with Crippen LogP contribution in [0.1, 0.15) is 19.8 Å². The molecule has 0 saturated carbocycles. The van der Waals surface area contributed by atoms with Crippen molar-refractivity contribution in [3.63, 3.8) is 0 Å². The quantitative estimate of drug-likeness (QED) is 0.743. The number of hydrogen-bond acceptors (Lipinski definition) is 4. The van der Waals surface area contributed by atoms with Gasteiger partial charge in [-0.25, -0.2) is 4.79 Å². The molecule has 0 unspecified atom stereocenters. The first-order valence-corrected chi connectivity index (χ1v) is 4.87. The number of carbonyl (C=O) groups is 1. The Kier molecular flexibility index (Phi) is 4.40. The molecule has 82 valence electrons. The van der Waals surface area contributed by atoms with Gasteiger partial charge >= 0.3 is 6.09 Å². The molecule has 0 aliphatic carbocycles. The molecular weight excluding hydrogens is 194 g/mol. The summed E-state index contributed by atoms with van der Waals surface area (Å²) < 4.78 is 4.91. The second-order valence-corrected chi connectivity index (χ2v) is 3.08. The number of anilines is 2. The molecule has 0 bridgehead atoms. The van der Waals surface area contributed by atoms with E-state index in [4.69, 9.17) is 10.5 Å². The maximum atomic E-state index is 11.2. The van der Waals surface area contributed by atoms with E-state index in [0.717, 1.165) is 12.8 Å². The summed E-state index contributed by atoms with van der Waals surface area (Å²) in [6.07, 6.45) is 4.39. The van der Waals surface area contributed by atoms with Crippen molar-refractivity contribution in [3.05, 3.63) is 18.5 Å². The molecule has 0 spiro atoms. The van der Waals surface area contributed by atoms with Gasteiger partial charge in [-0.2, -0.15) is 0 Å². The van der Waals surface area contributed by atoms with Gasteiger partial charge in [-0.05, 0) is 12.5 Å². The number of ether oxygens (including phenoxy) is 1. The zero-order valence-corrected chi connectivity index (χ0v) is 8.69. The summed E-state index contributed by atoms with van der Waals surface area (Å²) in [5.41, 5.74) is 6.55. The topological polar surface area (TPSA) is 77.2 Å². The Labute approximate surface area is 88.6 Å². The number of rotatable bonds is 4. The van der Waals surface area contributed by atoms with Crippen LogP contribution in [0.25, 0.3) is 0 Å². The van der Waals surface area contributed by atoms with E-state index in [2.05, 4.69) is 10.3 Å². The summed E-state index contributed by atoms with van der Waals surface area (Å²) in [5, 5.41) is 2.52. The summed E-state index contributed by atoms with van der Waals surface area (Å²) in [5.74, 6) is 0. The number of nitrogens with zero attached hydrogens (tertiary/aromatic N) is 1. The lowest BCUT2D eigenvalue weighted by Gasteiger charge is -2.07. The fraction of sp³-hybridized carbons (Fsp3) is 0.400. The second-order valence-electron chi connectivity index (χ2n) is 3.08. The minimum Gasteiger partial charge on any atom is -0.449 e. The Morgan fingerprint density at radius 1 is 1.67 bits per heavy atom. The molecule has 1 rings (SSSR count). The van der Waals surface area contributed by atoms with Crippen molar-refractivity contribution in [2.24, 2.45) is 0 Å². The maximum Gasteiger partial charge on any atom is 0.411 e. The molecule has 15 heavy (non-hydrogen) atoms. The van der Waals surface area contributed by atoms with Crippen LogP contribution in [-0.2, 0) is 4.74 Å². The minimum absolute atomic E-state index is 0.419. The average Bonchev–Trinajstić information content (AvgIpc) is 2.22. The van der Waals surface area contributed by atoms with Crippen LogP contribution >= 0.6 is 0 Å². The lowest BCUT2D eigenvalue weighted by molar-refractivity contribution is 0.160. The molecule has 0 atom stereocenters. The van der Waals surface area contributed by atoms with E-state index in [0.29, 0.717) is 18.0 Å². The van der Waals surface area contributed by atoms with E-state index in [9.17, 15) is 4.79 Å². The predicted molar refractivity (Wildman–Crippen MR) is 58.5 cm³/mol. The Balaban J connectivity index is 2.41. The largest absolute Gasteiger partial charge is 0.449 e. The van der Waals surface area contributed by atoms with Gasteiger partial charge in [0.1, 0.15) is 0 Å². The summed E-state index contributed by atoms with van der Waals surface area (Å²) in [6.45, 7) is 2.45. The molecule has 0 aliphatic rings. The zero-order valence-electron chi connectivity index (χ0n) is 8.69. The summed E-state index contributed by atoms with van der Waals surface area (Å²) in [6, 6.07) is 1.61. The second kappa shape index (κ2) is 5.85. The van der Waals surface area contributed by atoms with Crippen LogP contribution in [0.4, 0.5) is 16.2 Å². The monoisotopic (exact) mass is 209 g/mol. The third-order valence-electron chi connectivity index (χ3n) is 1.82. The van der Waals surface area contributed by atoms with Crippen molar-refractivity contribution in [2.45, 2.75) is 19.8 Å². The number of nitrogens with one attached hydrogen (secondary N) is 1. The van der Waals surface area contributed by atoms with Gasteiger partial charge in [0.2, 0.25) is 0 Å². The lowest BCUT2D eigenvalue weighted by Crippen LogP contribution is -2.15. The van der Waals surface area contributed by atoms with Crippen LogP contribution < -0.4 is 11.1 Å². The van der Waals surface area contributed by atoms with Crippen molar-refractivity contribution in [3.8, 4) is 0 Å². The maximum absolute atomic E-state index is 11.2. The molecule has 5 heteroatoms. The number of aromatic nitrogens is 1. The molecule has 0 aromatic carbocycles. The smallest absolute Gasteiger partial charge is 0.411 e. The zero-order chi connectivity index (χ0) is 11.1. The van der Waals surface area contributed by atoms with Gasteiger partial charge < -0.3 is 10.5 Å². The van der Waals surface area contributed by atoms with Gasteiger partial charge in [0.05, 0.1) is 24.2 Å². The summed E-state index contributed by atoms with van der Waals surface area (Å²) >= 11 is 0. The van der Waals surface area contributed by atoms with Crippen LogP contribution in [0.2, 0.25) is 0 Å². The molecule has 3 N–H and O–H groups in total. The molecule has 1 amide bonds. The molecule has 0 saturated heterocycles. The Morgan fingerprint density at radius 3 is 3.13 bits per heavy atom. The first kappa shape index (κ1) is 11.3. The molecule has 1 aromatic heterocycles. The van der Waals surface area contributed by atoms with E-state index >= 15 is 0 Å². The van der Waals surface area contributed by atoms with Gasteiger partial charge in [-0.1, -0.05) is 13.3 Å². The third-order valence-corrected chi connectivity index (χ3v) is 1.82. The number of unbranched alkanes of at least 4 members (excludes halogenated alkanes) is 1. The van der Waals surface area contributed by atoms with Gasteiger partial charge in [0.15, 0.2) is 0 Å². The molecule has 1 aromatic rings. The predicted octanol–water partition coefficient (Wildman–Crippen LogP) is 2.01. The van der Waals surface area contributed by atoms with Crippen molar-refractivity contribution < 1.29 is 9.53 Å². The highest BCUT2D eigenvalue weighted by Crippen LogP contribution is 2.14. The van der Waals surface area contributed by atoms with Crippen molar-refractivity contribution in [1.29, 1.82) is 0 Å². The van der Waals surface area contributed by atoms with Crippen LogP contribution in [-0.4, -0.2) is 17.7 Å². The molecule has 0 fully saturated rings. The Morgan fingerprint density at radius 2 is 2.47 bits per heavy atom. The highest BCUT2D eigenvalue weighted by atomic mass is 16.5. The van der Waals surface area contributed by atoms with Gasteiger partial charge in [-0.15, -0.1) is 0 Å². The molecule has 0 aliphatic heterocycles.